The van der Waals surface area contributed by atoms with Crippen LogP contribution in [-0.2, 0) is 19.2 Å². The van der Waals surface area contributed by atoms with Crippen LogP contribution in [0.5, 0.6) is 0 Å². The number of piperidine rings is 1. The lowest BCUT2D eigenvalue weighted by Gasteiger charge is -2.41. The fourth-order valence-electron chi connectivity index (χ4n) is 7.62. The summed E-state index contributed by atoms with van der Waals surface area (Å²) in [4.78, 5) is 60.5. The van der Waals surface area contributed by atoms with Crippen molar-refractivity contribution in [1.82, 2.24) is 25.3 Å². The molecule has 2 N–H and O–H groups in total. The Morgan fingerprint density at radius 2 is 1.38 bits per heavy atom. The molecule has 0 radical (unpaired) electrons. The zero-order valence-corrected chi connectivity index (χ0v) is 33.7. The Kier molecular flexibility index (Phi) is 19.1. The molecule has 2 fully saturated rings. The minimum atomic E-state index is -0.719. The van der Waals surface area contributed by atoms with Crippen molar-refractivity contribution in [1.29, 1.82) is 0 Å². The molecule has 2 heterocycles. The van der Waals surface area contributed by atoms with Gasteiger partial charge in [-0.25, -0.2) is 0 Å². The fraction of sp³-hybridized carbons (Fsp3) is 0.854. The number of amides is 4. The van der Waals surface area contributed by atoms with Crippen LogP contribution in [0.2, 0.25) is 0 Å². The molecule has 288 valence electrons. The summed E-state index contributed by atoms with van der Waals surface area (Å²) in [6.07, 6.45) is 18.7. The van der Waals surface area contributed by atoms with Gasteiger partial charge in [-0.3, -0.25) is 24.1 Å². The molecule has 2 aliphatic rings. The number of hydrogen-bond acceptors (Lipinski definition) is 5. The topological polar surface area (TPSA) is 102 Å². The highest BCUT2D eigenvalue weighted by Gasteiger charge is 2.40. The molecule has 2 rings (SSSR count). The van der Waals surface area contributed by atoms with Crippen LogP contribution in [0.4, 0.5) is 0 Å². The first kappa shape index (κ1) is 43.7. The van der Waals surface area contributed by atoms with Gasteiger partial charge in [-0.15, -0.1) is 0 Å². The number of nitrogens with one attached hydrogen (secondary N) is 2. The van der Waals surface area contributed by atoms with Gasteiger partial charge in [-0.2, -0.15) is 0 Å². The summed E-state index contributed by atoms with van der Waals surface area (Å²) in [6, 6.07) is -1.53. The minimum absolute atomic E-state index is 0.0246. The lowest BCUT2D eigenvalue weighted by molar-refractivity contribution is -0.142. The third-order valence-electron chi connectivity index (χ3n) is 10.8. The van der Waals surface area contributed by atoms with Crippen molar-refractivity contribution in [3.63, 3.8) is 0 Å². The summed E-state index contributed by atoms with van der Waals surface area (Å²) in [7, 11) is 1.77. The van der Waals surface area contributed by atoms with Gasteiger partial charge in [-0.05, 0) is 70.8 Å². The molecule has 0 saturated carbocycles. The van der Waals surface area contributed by atoms with Crippen LogP contribution in [-0.4, -0.2) is 95.2 Å². The Labute approximate surface area is 306 Å². The van der Waals surface area contributed by atoms with Gasteiger partial charge in [0.05, 0.1) is 12.1 Å². The number of carbonyl (C=O) groups is 4. The van der Waals surface area contributed by atoms with Gasteiger partial charge in [0.1, 0.15) is 12.1 Å². The molecule has 0 aromatic carbocycles. The summed E-state index contributed by atoms with van der Waals surface area (Å²) in [5, 5.41) is 6.25. The van der Waals surface area contributed by atoms with Gasteiger partial charge < -0.3 is 20.4 Å². The van der Waals surface area contributed by atoms with Crippen LogP contribution >= 0.6 is 0 Å². The van der Waals surface area contributed by atoms with E-state index >= 15 is 0 Å². The average Bonchev–Trinajstić information content (AvgIpc) is 3.57. The summed E-state index contributed by atoms with van der Waals surface area (Å²) in [6.45, 7) is 20.4. The van der Waals surface area contributed by atoms with E-state index in [0.717, 1.165) is 45.1 Å². The average molecular weight is 702 g/mol. The summed E-state index contributed by atoms with van der Waals surface area (Å²) >= 11 is 0. The van der Waals surface area contributed by atoms with E-state index in [-0.39, 0.29) is 47.7 Å². The highest BCUT2D eigenvalue weighted by Crippen LogP contribution is 2.27. The smallest absolute Gasteiger partial charge is 0.249 e. The van der Waals surface area contributed by atoms with Crippen LogP contribution in [0.25, 0.3) is 0 Å². The van der Waals surface area contributed by atoms with Gasteiger partial charge in [0.25, 0.3) is 0 Å². The van der Waals surface area contributed by atoms with E-state index in [9.17, 15) is 19.2 Å². The van der Waals surface area contributed by atoms with E-state index in [0.29, 0.717) is 25.1 Å². The van der Waals surface area contributed by atoms with Gasteiger partial charge >= 0.3 is 0 Å². The molecule has 0 bridgehead atoms. The summed E-state index contributed by atoms with van der Waals surface area (Å²) in [5.41, 5.74) is 0.0159. The lowest BCUT2D eigenvalue weighted by Crippen LogP contribution is -2.60. The number of hydrogen-bond donors (Lipinski definition) is 2. The van der Waals surface area contributed by atoms with Crippen LogP contribution in [0.3, 0.4) is 0 Å². The second-order valence-electron chi connectivity index (χ2n) is 16.8. The number of carbonyl (C=O) groups excluding carboxylic acids is 4. The van der Waals surface area contributed by atoms with Crippen LogP contribution < -0.4 is 10.6 Å². The Hall–Kier alpha value is -2.42. The molecule has 50 heavy (non-hydrogen) atoms. The highest BCUT2D eigenvalue weighted by molar-refractivity contribution is 5.97. The number of rotatable bonds is 20. The van der Waals surface area contributed by atoms with E-state index in [4.69, 9.17) is 0 Å². The van der Waals surface area contributed by atoms with Crippen molar-refractivity contribution < 1.29 is 19.2 Å². The standard InChI is InChI=1S/C41H75N5O4/c1-11-12-13-14-15-16-17-18-19-21-26-42-37(47)33-25-23-28-46(33)39(49)32(6)29-35(30(2)3)44(10)40(50)36(41(7,8)9)43-38(48)34-24-20-22-27-45(34)31(4)5/h29-31,33-36H,11-28H2,1-10H3,(H,42,47)(H,43,48)/b32-29+/t33-,34+,35?,36+/m0/s1. The van der Waals surface area contributed by atoms with Crippen molar-refractivity contribution in [2.24, 2.45) is 11.3 Å². The van der Waals surface area contributed by atoms with Crippen LogP contribution in [0.15, 0.2) is 11.6 Å². The molecule has 0 spiro atoms. The molecule has 9 nitrogen and oxygen atoms in total. The molecule has 2 saturated heterocycles. The predicted molar refractivity (Wildman–Crippen MR) is 206 cm³/mol. The second kappa shape index (κ2) is 21.8. The number of nitrogens with zero attached hydrogens (tertiary/aromatic N) is 3. The van der Waals surface area contributed by atoms with Gasteiger partial charge in [0, 0.05) is 31.8 Å². The number of likely N-dealkylation sites (tertiary alicyclic amines) is 2. The van der Waals surface area contributed by atoms with Crippen LogP contribution in [0.1, 0.15) is 159 Å². The predicted octanol–water partition coefficient (Wildman–Crippen LogP) is 7.24. The first-order valence-electron chi connectivity index (χ1n) is 20.2. The van der Waals surface area contributed by atoms with E-state index in [1.165, 1.54) is 51.4 Å². The van der Waals surface area contributed by atoms with Crippen molar-refractivity contribution in [3.8, 4) is 0 Å². The molecule has 2 aliphatic heterocycles. The van der Waals surface area contributed by atoms with Gasteiger partial charge in [0.15, 0.2) is 0 Å². The third kappa shape index (κ3) is 13.6. The Balaban J connectivity index is 2.01. The second-order valence-corrected chi connectivity index (χ2v) is 16.8. The Morgan fingerprint density at radius 3 is 1.94 bits per heavy atom. The quantitative estimate of drug-likeness (QED) is 0.103. The molecular formula is C41H75N5O4. The lowest BCUT2D eigenvalue weighted by atomic mass is 9.84. The highest BCUT2D eigenvalue weighted by atomic mass is 16.2. The van der Waals surface area contributed by atoms with E-state index < -0.39 is 17.5 Å². The SMILES string of the molecule is CCCCCCCCCCCCNC(=O)[C@@H]1CCCN1C(=O)/C(C)=C/C(C(C)C)N(C)C(=O)[C@@H](NC(=O)[C@H]1CCCCN1C(C)C)C(C)(C)C. The van der Waals surface area contributed by atoms with Gasteiger partial charge in [0.2, 0.25) is 23.6 Å². The number of unbranched alkanes of at least 4 members (excludes halogenated alkanes) is 9. The minimum Gasteiger partial charge on any atom is -0.354 e. The van der Waals surface area contributed by atoms with E-state index in [1.807, 2.05) is 40.7 Å². The maximum atomic E-state index is 14.2. The first-order chi connectivity index (χ1) is 23.6. The molecular weight excluding hydrogens is 626 g/mol. The number of likely N-dealkylation sites (N-methyl/N-ethyl adjacent to an activating group) is 1. The van der Waals surface area contributed by atoms with Crippen molar-refractivity contribution in [3.05, 3.63) is 11.6 Å². The molecule has 4 amide bonds. The first-order valence-corrected chi connectivity index (χ1v) is 20.2. The molecule has 1 unspecified atom stereocenters. The summed E-state index contributed by atoms with van der Waals surface area (Å²) < 4.78 is 0. The van der Waals surface area contributed by atoms with Crippen molar-refractivity contribution >= 4 is 23.6 Å². The molecule has 0 aliphatic carbocycles. The third-order valence-corrected chi connectivity index (χ3v) is 10.8. The molecule has 4 atom stereocenters. The molecule has 0 aromatic heterocycles. The summed E-state index contributed by atoms with van der Waals surface area (Å²) in [5.74, 6) is -0.450. The van der Waals surface area contributed by atoms with Crippen LogP contribution in [0, 0.1) is 11.3 Å². The maximum Gasteiger partial charge on any atom is 0.249 e. The Bertz CT molecular complexity index is 1100. The normalized spacial score (nSPS) is 20.2. The monoisotopic (exact) mass is 702 g/mol. The largest absolute Gasteiger partial charge is 0.354 e. The van der Waals surface area contributed by atoms with Gasteiger partial charge in [-0.1, -0.05) is 112 Å². The maximum absolute atomic E-state index is 14.2. The zero-order chi connectivity index (χ0) is 37.4. The van der Waals surface area contributed by atoms with Crippen molar-refractivity contribution in [2.75, 3.05) is 26.7 Å². The van der Waals surface area contributed by atoms with Crippen molar-refractivity contribution in [2.45, 2.75) is 189 Å². The van der Waals surface area contributed by atoms with E-state index in [1.54, 1.807) is 23.8 Å². The van der Waals surface area contributed by atoms with E-state index in [2.05, 4.69) is 36.3 Å². The molecule has 9 heteroatoms. The Morgan fingerprint density at radius 1 is 0.800 bits per heavy atom. The zero-order valence-electron chi connectivity index (χ0n) is 33.7. The molecule has 0 aromatic rings. The fourth-order valence-corrected chi connectivity index (χ4v) is 7.62.